The first kappa shape index (κ1) is 14.0. The van der Waals surface area contributed by atoms with Gasteiger partial charge in [-0.05, 0) is 12.8 Å². The molecule has 0 bridgehead atoms. The Morgan fingerprint density at radius 2 is 2.12 bits per heavy atom. The Morgan fingerprint density at radius 1 is 1.24 bits per heavy atom. The molecule has 5 nitrogen and oxygen atoms in total. The van der Waals surface area contributed by atoms with Crippen LogP contribution in [0.1, 0.15) is 19.8 Å². The fourth-order valence-electron chi connectivity index (χ4n) is 1.40. The second-order valence-corrected chi connectivity index (χ2v) is 3.75. The monoisotopic (exact) mass is 242 g/mol. The minimum Gasteiger partial charge on any atom is -0.488 e. The molecule has 0 saturated carbocycles. The summed E-state index contributed by atoms with van der Waals surface area (Å²) in [6, 6.07) is 0. The van der Waals surface area contributed by atoms with Gasteiger partial charge >= 0.3 is 0 Å². The summed E-state index contributed by atoms with van der Waals surface area (Å²) in [6.07, 6.45) is 5.64. The number of aryl methyl sites for hydroxylation is 1. The molecular weight excluding hydrogens is 220 g/mol. The average Bonchev–Trinajstić information content (AvgIpc) is 2.76. The van der Waals surface area contributed by atoms with E-state index in [1.807, 2.05) is 10.9 Å². The molecule has 0 fully saturated rings. The van der Waals surface area contributed by atoms with Crippen LogP contribution in [-0.2, 0) is 16.0 Å². The number of ether oxygens (including phenoxy) is 3. The van der Waals surface area contributed by atoms with E-state index in [-0.39, 0.29) is 0 Å². The normalized spacial score (nSPS) is 10.7. The van der Waals surface area contributed by atoms with E-state index >= 15 is 0 Å². The summed E-state index contributed by atoms with van der Waals surface area (Å²) in [5.74, 6) is 0.805. The third-order valence-corrected chi connectivity index (χ3v) is 2.20. The van der Waals surface area contributed by atoms with Crippen molar-refractivity contribution in [3.8, 4) is 5.75 Å². The van der Waals surface area contributed by atoms with Crippen LogP contribution in [0.5, 0.6) is 5.75 Å². The average molecular weight is 242 g/mol. The molecule has 0 radical (unpaired) electrons. The van der Waals surface area contributed by atoms with Crippen molar-refractivity contribution in [1.29, 1.82) is 0 Å². The Morgan fingerprint density at radius 3 is 2.88 bits per heavy atom. The zero-order valence-corrected chi connectivity index (χ0v) is 10.7. The van der Waals surface area contributed by atoms with Gasteiger partial charge in [0.15, 0.2) is 5.75 Å². The molecule has 0 saturated heterocycles. The SMILES string of the molecule is CCCn1cc(OCCOCCCOC)cn1. The van der Waals surface area contributed by atoms with E-state index in [4.69, 9.17) is 14.2 Å². The van der Waals surface area contributed by atoms with Gasteiger partial charge in [-0.2, -0.15) is 5.10 Å². The minimum atomic E-state index is 0.560. The van der Waals surface area contributed by atoms with Gasteiger partial charge < -0.3 is 14.2 Å². The molecule has 0 aliphatic heterocycles. The second kappa shape index (κ2) is 9.01. The number of aromatic nitrogens is 2. The highest BCUT2D eigenvalue weighted by Crippen LogP contribution is 2.08. The fourth-order valence-corrected chi connectivity index (χ4v) is 1.40. The van der Waals surface area contributed by atoms with E-state index in [1.54, 1.807) is 13.3 Å². The Balaban J connectivity index is 2.01. The highest BCUT2D eigenvalue weighted by atomic mass is 16.5. The van der Waals surface area contributed by atoms with Gasteiger partial charge in [-0.1, -0.05) is 6.92 Å². The third kappa shape index (κ3) is 6.28. The van der Waals surface area contributed by atoms with E-state index < -0.39 is 0 Å². The Kier molecular flexibility index (Phi) is 7.42. The molecule has 0 spiro atoms. The van der Waals surface area contributed by atoms with Gasteiger partial charge in [-0.15, -0.1) is 0 Å². The van der Waals surface area contributed by atoms with Crippen LogP contribution in [-0.4, -0.2) is 43.3 Å². The Labute approximate surface area is 103 Å². The summed E-state index contributed by atoms with van der Waals surface area (Å²) >= 11 is 0. The van der Waals surface area contributed by atoms with Gasteiger partial charge in [0.25, 0.3) is 0 Å². The van der Waals surface area contributed by atoms with Gasteiger partial charge in [0.05, 0.1) is 19.0 Å². The quantitative estimate of drug-likeness (QED) is 0.586. The molecule has 1 heterocycles. The predicted molar refractivity (Wildman–Crippen MR) is 65.3 cm³/mol. The molecule has 0 atom stereocenters. The van der Waals surface area contributed by atoms with E-state index in [1.165, 1.54) is 0 Å². The van der Waals surface area contributed by atoms with Gasteiger partial charge in [-0.25, -0.2) is 0 Å². The maximum absolute atomic E-state index is 5.50. The molecule has 0 amide bonds. The second-order valence-electron chi connectivity index (χ2n) is 3.75. The summed E-state index contributed by atoms with van der Waals surface area (Å²) in [5.41, 5.74) is 0. The van der Waals surface area contributed by atoms with E-state index in [2.05, 4.69) is 12.0 Å². The maximum atomic E-state index is 5.50. The Hall–Kier alpha value is -1.07. The first-order valence-electron chi connectivity index (χ1n) is 6.08. The van der Waals surface area contributed by atoms with E-state index in [9.17, 15) is 0 Å². The van der Waals surface area contributed by atoms with Crippen molar-refractivity contribution in [2.24, 2.45) is 0 Å². The van der Waals surface area contributed by atoms with Crippen LogP contribution < -0.4 is 4.74 Å². The number of hydrogen-bond acceptors (Lipinski definition) is 4. The first-order valence-corrected chi connectivity index (χ1v) is 6.08. The minimum absolute atomic E-state index is 0.560. The highest BCUT2D eigenvalue weighted by Gasteiger charge is 1.98. The van der Waals surface area contributed by atoms with Crippen molar-refractivity contribution in [1.82, 2.24) is 9.78 Å². The molecular formula is C12H22N2O3. The van der Waals surface area contributed by atoms with Gasteiger partial charge in [-0.3, -0.25) is 4.68 Å². The van der Waals surface area contributed by atoms with Crippen molar-refractivity contribution in [3.05, 3.63) is 12.4 Å². The fraction of sp³-hybridized carbons (Fsp3) is 0.750. The molecule has 5 heteroatoms. The van der Waals surface area contributed by atoms with Crippen molar-refractivity contribution in [2.45, 2.75) is 26.3 Å². The molecule has 0 unspecified atom stereocenters. The van der Waals surface area contributed by atoms with Crippen LogP contribution in [0.4, 0.5) is 0 Å². The van der Waals surface area contributed by atoms with Crippen LogP contribution >= 0.6 is 0 Å². The number of hydrogen-bond donors (Lipinski definition) is 0. The molecule has 1 rings (SSSR count). The first-order chi connectivity index (χ1) is 8.36. The lowest BCUT2D eigenvalue weighted by Crippen LogP contribution is -2.08. The van der Waals surface area contributed by atoms with Crippen LogP contribution in [0, 0.1) is 0 Å². The predicted octanol–water partition coefficient (Wildman–Crippen LogP) is 1.72. The van der Waals surface area contributed by atoms with Crippen LogP contribution in [0.3, 0.4) is 0 Å². The lowest BCUT2D eigenvalue weighted by atomic mass is 10.5. The topological polar surface area (TPSA) is 45.5 Å². The Bertz CT molecular complexity index is 289. The molecule has 17 heavy (non-hydrogen) atoms. The summed E-state index contributed by atoms with van der Waals surface area (Å²) in [5, 5.41) is 4.18. The van der Waals surface area contributed by atoms with Crippen molar-refractivity contribution in [2.75, 3.05) is 33.5 Å². The lowest BCUT2D eigenvalue weighted by Gasteiger charge is -2.04. The summed E-state index contributed by atoms with van der Waals surface area (Å²) in [7, 11) is 1.69. The lowest BCUT2D eigenvalue weighted by molar-refractivity contribution is 0.0806. The molecule has 0 N–H and O–H groups in total. The zero-order chi connectivity index (χ0) is 12.3. The van der Waals surface area contributed by atoms with Crippen molar-refractivity contribution >= 4 is 0 Å². The molecule has 1 aromatic heterocycles. The zero-order valence-electron chi connectivity index (χ0n) is 10.7. The maximum Gasteiger partial charge on any atom is 0.157 e. The van der Waals surface area contributed by atoms with E-state index in [0.717, 1.165) is 31.7 Å². The van der Waals surface area contributed by atoms with Gasteiger partial charge in [0, 0.05) is 26.9 Å². The number of methoxy groups -OCH3 is 1. The van der Waals surface area contributed by atoms with Crippen molar-refractivity contribution in [3.63, 3.8) is 0 Å². The number of nitrogens with zero attached hydrogens (tertiary/aromatic N) is 2. The van der Waals surface area contributed by atoms with Gasteiger partial charge in [0.2, 0.25) is 0 Å². The van der Waals surface area contributed by atoms with Crippen LogP contribution in [0.25, 0.3) is 0 Å². The van der Waals surface area contributed by atoms with Crippen LogP contribution in [0.2, 0.25) is 0 Å². The largest absolute Gasteiger partial charge is 0.488 e. The standard InChI is InChI=1S/C12H22N2O3/c1-3-5-14-11-12(10-13-14)17-9-8-16-7-4-6-15-2/h10-11H,3-9H2,1-2H3. The summed E-state index contributed by atoms with van der Waals surface area (Å²) < 4.78 is 17.7. The smallest absolute Gasteiger partial charge is 0.157 e. The van der Waals surface area contributed by atoms with Gasteiger partial charge in [0.1, 0.15) is 6.61 Å². The molecule has 1 aromatic rings. The molecule has 98 valence electrons. The highest BCUT2D eigenvalue weighted by molar-refractivity contribution is 5.11. The molecule has 0 aromatic carbocycles. The summed E-state index contributed by atoms with van der Waals surface area (Å²) in [4.78, 5) is 0. The van der Waals surface area contributed by atoms with E-state index in [0.29, 0.717) is 19.8 Å². The molecule has 0 aliphatic carbocycles. The third-order valence-electron chi connectivity index (χ3n) is 2.20. The summed E-state index contributed by atoms with van der Waals surface area (Å²) in [6.45, 7) is 5.66. The van der Waals surface area contributed by atoms with Crippen LogP contribution in [0.15, 0.2) is 12.4 Å². The number of rotatable bonds is 10. The molecule has 0 aliphatic rings. The van der Waals surface area contributed by atoms with Crippen molar-refractivity contribution < 1.29 is 14.2 Å².